The molecule has 2 amide bonds. The van der Waals surface area contributed by atoms with Crippen molar-refractivity contribution in [3.8, 4) is 0 Å². The smallest absolute Gasteiger partial charge is 0.274 e. The van der Waals surface area contributed by atoms with Crippen molar-refractivity contribution in [1.82, 2.24) is 9.47 Å². The maximum Gasteiger partial charge on any atom is 0.274 e. The van der Waals surface area contributed by atoms with Crippen LogP contribution in [0.15, 0.2) is 47.3 Å². The van der Waals surface area contributed by atoms with Gasteiger partial charge in [-0.3, -0.25) is 14.4 Å². The summed E-state index contributed by atoms with van der Waals surface area (Å²) in [6, 6.07) is 13.8. The quantitative estimate of drug-likeness (QED) is 0.817. The third-order valence-electron chi connectivity index (χ3n) is 5.62. The number of hydrogen-bond donors (Lipinski definition) is 1. The van der Waals surface area contributed by atoms with E-state index in [4.69, 9.17) is 0 Å². The summed E-state index contributed by atoms with van der Waals surface area (Å²) in [7, 11) is 0. The van der Waals surface area contributed by atoms with Gasteiger partial charge >= 0.3 is 0 Å². The highest BCUT2D eigenvalue weighted by Crippen LogP contribution is 2.22. The third kappa shape index (κ3) is 5.34. The standard InChI is InChI=1S/C23H29N3O3/c1-3-21(27)24-20-10-9-17(2)26(23(20)29)16-22(28)25-13-11-19(12-14-25)15-18-7-5-4-6-8-18/h4-10,19H,3,11-16H2,1-2H3,(H,24,27). The largest absolute Gasteiger partial charge is 0.341 e. The topological polar surface area (TPSA) is 71.4 Å². The minimum atomic E-state index is -0.334. The van der Waals surface area contributed by atoms with E-state index in [9.17, 15) is 14.4 Å². The first-order valence-electron chi connectivity index (χ1n) is 10.3. The molecule has 0 aliphatic carbocycles. The van der Waals surface area contributed by atoms with Crippen LogP contribution >= 0.6 is 0 Å². The predicted octanol–water partition coefficient (Wildman–Crippen LogP) is 2.99. The first kappa shape index (κ1) is 20.8. The van der Waals surface area contributed by atoms with Crippen LogP contribution < -0.4 is 10.9 Å². The number of hydrogen-bond acceptors (Lipinski definition) is 3. The summed E-state index contributed by atoms with van der Waals surface area (Å²) in [4.78, 5) is 39.0. The molecule has 154 valence electrons. The number of pyridine rings is 1. The molecule has 2 aromatic rings. The van der Waals surface area contributed by atoms with Crippen LogP contribution in [0.1, 0.15) is 37.4 Å². The molecule has 1 fully saturated rings. The van der Waals surface area contributed by atoms with Crippen LogP contribution in [0, 0.1) is 12.8 Å². The van der Waals surface area contributed by atoms with Gasteiger partial charge in [0.2, 0.25) is 11.8 Å². The molecule has 1 aliphatic heterocycles. The number of likely N-dealkylation sites (tertiary alicyclic amines) is 1. The fourth-order valence-corrected chi connectivity index (χ4v) is 3.77. The lowest BCUT2D eigenvalue weighted by molar-refractivity contribution is -0.133. The van der Waals surface area contributed by atoms with Crippen molar-refractivity contribution in [3.63, 3.8) is 0 Å². The Hall–Kier alpha value is -2.89. The molecule has 1 aliphatic rings. The molecule has 0 atom stereocenters. The normalized spacial score (nSPS) is 14.6. The average Bonchev–Trinajstić information content (AvgIpc) is 2.74. The first-order chi connectivity index (χ1) is 14.0. The van der Waals surface area contributed by atoms with E-state index in [1.54, 1.807) is 26.0 Å². The highest BCUT2D eigenvalue weighted by molar-refractivity contribution is 5.90. The Kier molecular flexibility index (Phi) is 6.86. The van der Waals surface area contributed by atoms with Crippen LogP contribution in [0.3, 0.4) is 0 Å². The molecule has 1 N–H and O–H groups in total. The van der Waals surface area contributed by atoms with Crippen molar-refractivity contribution in [3.05, 3.63) is 64.1 Å². The molecule has 1 aromatic carbocycles. The minimum Gasteiger partial charge on any atom is -0.341 e. The van der Waals surface area contributed by atoms with Gasteiger partial charge in [0.25, 0.3) is 5.56 Å². The van der Waals surface area contributed by atoms with Crippen molar-refractivity contribution in [1.29, 1.82) is 0 Å². The third-order valence-corrected chi connectivity index (χ3v) is 5.62. The fourth-order valence-electron chi connectivity index (χ4n) is 3.77. The van der Waals surface area contributed by atoms with Crippen LogP contribution in [-0.2, 0) is 22.6 Å². The number of aromatic nitrogens is 1. The van der Waals surface area contributed by atoms with E-state index in [2.05, 4.69) is 29.6 Å². The Labute approximate surface area is 171 Å². The van der Waals surface area contributed by atoms with E-state index in [0.717, 1.165) is 32.4 Å². The van der Waals surface area contributed by atoms with E-state index in [0.29, 0.717) is 18.0 Å². The maximum atomic E-state index is 12.8. The van der Waals surface area contributed by atoms with Crippen LogP contribution in [0.4, 0.5) is 5.69 Å². The molecular formula is C23H29N3O3. The molecule has 3 rings (SSSR count). The zero-order valence-electron chi connectivity index (χ0n) is 17.2. The molecule has 2 heterocycles. The van der Waals surface area contributed by atoms with Gasteiger partial charge in [-0.05, 0) is 49.8 Å². The second-order valence-corrected chi connectivity index (χ2v) is 7.70. The van der Waals surface area contributed by atoms with Crippen LogP contribution in [0.25, 0.3) is 0 Å². The van der Waals surface area contributed by atoms with Gasteiger partial charge < -0.3 is 14.8 Å². The summed E-state index contributed by atoms with van der Waals surface area (Å²) in [5, 5.41) is 2.61. The van der Waals surface area contributed by atoms with Gasteiger partial charge in [0.1, 0.15) is 12.2 Å². The summed E-state index contributed by atoms with van der Waals surface area (Å²) >= 11 is 0. The van der Waals surface area contributed by atoms with E-state index in [1.807, 2.05) is 11.0 Å². The van der Waals surface area contributed by atoms with E-state index < -0.39 is 0 Å². The summed E-state index contributed by atoms with van der Waals surface area (Å²) in [6.07, 6.45) is 3.28. The zero-order valence-corrected chi connectivity index (χ0v) is 17.2. The summed E-state index contributed by atoms with van der Waals surface area (Å²) in [6.45, 7) is 4.97. The number of rotatable bonds is 6. The first-order valence-corrected chi connectivity index (χ1v) is 10.3. The Balaban J connectivity index is 1.60. The number of amides is 2. The molecule has 1 aromatic heterocycles. The Morgan fingerprint density at radius 1 is 1.07 bits per heavy atom. The Bertz CT molecular complexity index is 913. The highest BCUT2D eigenvalue weighted by atomic mass is 16.2. The molecule has 0 radical (unpaired) electrons. The fraction of sp³-hybridized carbons (Fsp3) is 0.435. The highest BCUT2D eigenvalue weighted by Gasteiger charge is 2.24. The number of benzene rings is 1. The number of aryl methyl sites for hydroxylation is 1. The molecule has 6 nitrogen and oxygen atoms in total. The predicted molar refractivity (Wildman–Crippen MR) is 114 cm³/mol. The molecule has 0 spiro atoms. The van der Waals surface area contributed by atoms with Crippen molar-refractivity contribution >= 4 is 17.5 Å². The Morgan fingerprint density at radius 3 is 2.41 bits per heavy atom. The summed E-state index contributed by atoms with van der Waals surface area (Å²) < 4.78 is 1.45. The molecule has 0 unspecified atom stereocenters. The molecular weight excluding hydrogens is 366 g/mol. The van der Waals surface area contributed by atoms with Crippen molar-refractivity contribution in [2.24, 2.45) is 5.92 Å². The van der Waals surface area contributed by atoms with Crippen molar-refractivity contribution < 1.29 is 9.59 Å². The van der Waals surface area contributed by atoms with Gasteiger partial charge in [-0.15, -0.1) is 0 Å². The number of anilines is 1. The summed E-state index contributed by atoms with van der Waals surface area (Å²) in [5.41, 5.74) is 1.93. The van der Waals surface area contributed by atoms with Crippen molar-refractivity contribution in [2.45, 2.75) is 46.1 Å². The lowest BCUT2D eigenvalue weighted by Crippen LogP contribution is -2.42. The van der Waals surface area contributed by atoms with Gasteiger partial charge in [-0.2, -0.15) is 0 Å². The average molecular weight is 396 g/mol. The van der Waals surface area contributed by atoms with Crippen LogP contribution in [-0.4, -0.2) is 34.4 Å². The van der Waals surface area contributed by atoms with Crippen LogP contribution in [0.2, 0.25) is 0 Å². The number of nitrogens with zero attached hydrogens (tertiary/aromatic N) is 2. The maximum absolute atomic E-state index is 12.8. The van der Waals surface area contributed by atoms with Gasteiger partial charge in [-0.25, -0.2) is 0 Å². The molecule has 0 bridgehead atoms. The molecule has 6 heteroatoms. The van der Waals surface area contributed by atoms with Crippen molar-refractivity contribution in [2.75, 3.05) is 18.4 Å². The lowest BCUT2D eigenvalue weighted by Gasteiger charge is -2.32. The number of carbonyl (C=O) groups is 2. The summed E-state index contributed by atoms with van der Waals surface area (Å²) in [5.74, 6) is 0.315. The molecule has 29 heavy (non-hydrogen) atoms. The van der Waals surface area contributed by atoms with E-state index in [1.165, 1.54) is 10.1 Å². The number of piperidine rings is 1. The molecule has 1 saturated heterocycles. The van der Waals surface area contributed by atoms with E-state index >= 15 is 0 Å². The van der Waals surface area contributed by atoms with Gasteiger partial charge in [0, 0.05) is 25.2 Å². The van der Waals surface area contributed by atoms with Gasteiger partial charge in [0.05, 0.1) is 0 Å². The lowest BCUT2D eigenvalue weighted by atomic mass is 9.90. The SMILES string of the molecule is CCC(=O)Nc1ccc(C)n(CC(=O)N2CCC(Cc3ccccc3)CC2)c1=O. The second-order valence-electron chi connectivity index (χ2n) is 7.70. The Morgan fingerprint density at radius 2 is 1.76 bits per heavy atom. The molecule has 0 saturated carbocycles. The van der Waals surface area contributed by atoms with E-state index in [-0.39, 0.29) is 29.6 Å². The zero-order chi connectivity index (χ0) is 20.8. The number of nitrogens with one attached hydrogen (secondary N) is 1. The van der Waals surface area contributed by atoms with Crippen LogP contribution in [0.5, 0.6) is 0 Å². The van der Waals surface area contributed by atoms with Gasteiger partial charge in [-0.1, -0.05) is 37.3 Å². The monoisotopic (exact) mass is 395 g/mol. The number of carbonyl (C=O) groups excluding carboxylic acids is 2. The second kappa shape index (κ2) is 9.54. The minimum absolute atomic E-state index is 0.00382. The van der Waals surface area contributed by atoms with Gasteiger partial charge in [0.15, 0.2) is 0 Å².